The molecular weight excluding hydrogens is 340 g/mol. The number of amides is 2. The van der Waals surface area contributed by atoms with E-state index in [0.29, 0.717) is 11.1 Å². The van der Waals surface area contributed by atoms with Gasteiger partial charge in [-0.05, 0) is 23.3 Å². The number of hydrogen-bond donors (Lipinski definition) is 2. The molecule has 0 saturated heterocycles. The molecule has 24 heavy (non-hydrogen) atoms. The van der Waals surface area contributed by atoms with Crippen LogP contribution in [0.1, 0.15) is 12.8 Å². The molecule has 0 aromatic carbocycles. The zero-order chi connectivity index (χ0) is 16.8. The molecule has 2 aliphatic heterocycles. The van der Waals surface area contributed by atoms with Crippen molar-refractivity contribution >= 4 is 46.0 Å². The molecular formula is C18H14N2O2S2. The standard InChI is InChI=1S/C18H14N2O2S2/c21-17-13-14(16(20-17)10-4-2-6-12(24)8-10)18(22)19-15(13)9-3-1-5-11(23)7-9/h1-4,7-8,15-16H,5-6H2,(H,19,22)(H,20,21). The van der Waals surface area contributed by atoms with E-state index < -0.39 is 12.1 Å². The minimum atomic E-state index is -0.438. The Hall–Kier alpha value is -2.18. The average Bonchev–Trinajstić information content (AvgIpc) is 3.07. The number of nitrogens with one attached hydrogen (secondary N) is 2. The fourth-order valence-electron chi connectivity index (χ4n) is 3.45. The predicted octanol–water partition coefficient (Wildman–Crippen LogP) is 1.79. The van der Waals surface area contributed by atoms with E-state index >= 15 is 0 Å². The van der Waals surface area contributed by atoms with Crippen molar-refractivity contribution in [3.8, 4) is 0 Å². The summed E-state index contributed by atoms with van der Waals surface area (Å²) in [5.74, 6) is -0.426. The van der Waals surface area contributed by atoms with E-state index in [0.717, 1.165) is 33.7 Å². The predicted molar refractivity (Wildman–Crippen MR) is 99.8 cm³/mol. The highest BCUT2D eigenvalue weighted by Gasteiger charge is 2.46. The molecule has 4 aliphatic rings. The summed E-state index contributed by atoms with van der Waals surface area (Å²) >= 11 is 10.5. The molecule has 0 spiro atoms. The number of carbonyl (C=O) groups excluding carboxylic acids is 2. The van der Waals surface area contributed by atoms with Gasteiger partial charge < -0.3 is 10.6 Å². The maximum Gasteiger partial charge on any atom is 0.250 e. The summed E-state index contributed by atoms with van der Waals surface area (Å²) in [7, 11) is 0. The minimum Gasteiger partial charge on any atom is -0.341 e. The van der Waals surface area contributed by atoms with Gasteiger partial charge in [-0.3, -0.25) is 9.59 Å². The van der Waals surface area contributed by atoms with Gasteiger partial charge in [-0.25, -0.2) is 0 Å². The van der Waals surface area contributed by atoms with Crippen LogP contribution in [-0.4, -0.2) is 33.6 Å². The zero-order valence-corrected chi connectivity index (χ0v) is 14.3. The first-order valence-corrected chi connectivity index (χ1v) is 8.54. The second kappa shape index (κ2) is 5.72. The molecule has 2 heterocycles. The van der Waals surface area contributed by atoms with Crippen molar-refractivity contribution in [3.63, 3.8) is 0 Å². The highest BCUT2D eigenvalue weighted by molar-refractivity contribution is 7.81. The minimum absolute atomic E-state index is 0.213. The fraction of sp³-hybridized carbons (Fsp3) is 0.222. The topological polar surface area (TPSA) is 58.2 Å². The van der Waals surface area contributed by atoms with Crippen LogP contribution in [0, 0.1) is 0 Å². The van der Waals surface area contributed by atoms with E-state index in [2.05, 4.69) is 10.6 Å². The number of thiocarbonyl (C=S) groups is 2. The molecule has 120 valence electrons. The molecule has 2 N–H and O–H groups in total. The molecule has 6 heteroatoms. The van der Waals surface area contributed by atoms with Crippen LogP contribution in [0.5, 0.6) is 0 Å². The number of hydrogen-bond acceptors (Lipinski definition) is 4. The van der Waals surface area contributed by atoms with Gasteiger partial charge in [0.05, 0.1) is 23.2 Å². The first kappa shape index (κ1) is 15.4. The Balaban J connectivity index is 1.75. The molecule has 0 radical (unpaired) electrons. The Morgan fingerprint density at radius 2 is 1.21 bits per heavy atom. The van der Waals surface area contributed by atoms with Crippen LogP contribution in [0.3, 0.4) is 0 Å². The smallest absolute Gasteiger partial charge is 0.250 e. The van der Waals surface area contributed by atoms with Gasteiger partial charge in [-0.2, -0.15) is 0 Å². The van der Waals surface area contributed by atoms with Crippen molar-refractivity contribution in [1.29, 1.82) is 0 Å². The largest absolute Gasteiger partial charge is 0.341 e. The molecule has 0 fully saturated rings. The summed E-state index contributed by atoms with van der Waals surface area (Å²) < 4.78 is 0. The van der Waals surface area contributed by atoms with E-state index in [4.69, 9.17) is 24.4 Å². The molecule has 0 aromatic rings. The lowest BCUT2D eigenvalue weighted by molar-refractivity contribution is -0.117. The van der Waals surface area contributed by atoms with E-state index in [1.807, 2.05) is 36.5 Å². The van der Waals surface area contributed by atoms with Gasteiger partial charge in [0.15, 0.2) is 0 Å². The average molecular weight is 354 g/mol. The van der Waals surface area contributed by atoms with Crippen molar-refractivity contribution in [1.82, 2.24) is 10.6 Å². The molecule has 2 unspecified atom stereocenters. The van der Waals surface area contributed by atoms with Crippen LogP contribution >= 0.6 is 24.4 Å². The summed E-state index contributed by atoms with van der Waals surface area (Å²) in [6.45, 7) is 0. The molecule has 0 aromatic heterocycles. The normalized spacial score (nSPS) is 28.7. The molecule has 0 saturated carbocycles. The Morgan fingerprint density at radius 1 is 0.792 bits per heavy atom. The Bertz CT molecular complexity index is 788. The van der Waals surface area contributed by atoms with Gasteiger partial charge >= 0.3 is 0 Å². The van der Waals surface area contributed by atoms with Gasteiger partial charge in [-0.1, -0.05) is 48.7 Å². The van der Waals surface area contributed by atoms with E-state index in [1.54, 1.807) is 0 Å². The Labute approximate surface area is 150 Å². The van der Waals surface area contributed by atoms with Crippen molar-refractivity contribution in [2.75, 3.05) is 0 Å². The van der Waals surface area contributed by atoms with E-state index in [9.17, 15) is 9.59 Å². The van der Waals surface area contributed by atoms with Crippen LogP contribution in [0.4, 0.5) is 0 Å². The second-order valence-corrected chi connectivity index (χ2v) is 7.12. The fourth-order valence-corrected chi connectivity index (χ4v) is 3.91. The molecule has 2 aliphatic carbocycles. The third kappa shape index (κ3) is 2.42. The number of rotatable bonds is 2. The van der Waals surface area contributed by atoms with E-state index in [1.165, 1.54) is 0 Å². The van der Waals surface area contributed by atoms with Crippen LogP contribution in [-0.2, 0) is 9.59 Å². The maximum absolute atomic E-state index is 12.5. The molecule has 2 atom stereocenters. The summed E-state index contributed by atoms with van der Waals surface area (Å²) in [5.41, 5.74) is 2.70. The second-order valence-electron chi connectivity index (χ2n) is 6.07. The quantitative estimate of drug-likeness (QED) is 0.743. The summed E-state index contributed by atoms with van der Waals surface area (Å²) in [5, 5.41) is 5.84. The lowest BCUT2D eigenvalue weighted by Gasteiger charge is -2.20. The van der Waals surface area contributed by atoms with Gasteiger partial charge in [0.2, 0.25) is 0 Å². The SMILES string of the molecule is O=C1NC(C2=CC(=S)CC=C2)C2=C1C(C1=CC(=S)CC=C1)NC2=O. The van der Waals surface area contributed by atoms with Crippen LogP contribution in [0.25, 0.3) is 0 Å². The van der Waals surface area contributed by atoms with Crippen LogP contribution in [0.2, 0.25) is 0 Å². The third-order valence-electron chi connectivity index (χ3n) is 4.49. The Morgan fingerprint density at radius 3 is 1.58 bits per heavy atom. The summed E-state index contributed by atoms with van der Waals surface area (Å²) in [4.78, 5) is 26.7. The molecule has 4 rings (SSSR count). The monoisotopic (exact) mass is 354 g/mol. The number of carbonyl (C=O) groups is 2. The van der Waals surface area contributed by atoms with Gasteiger partial charge in [0.1, 0.15) is 0 Å². The molecule has 2 amide bonds. The zero-order valence-electron chi connectivity index (χ0n) is 12.7. The van der Waals surface area contributed by atoms with Crippen molar-refractivity contribution < 1.29 is 9.59 Å². The van der Waals surface area contributed by atoms with Crippen molar-refractivity contribution in [2.45, 2.75) is 24.9 Å². The number of allylic oxidation sites excluding steroid dienone is 4. The lowest BCUT2D eigenvalue weighted by Crippen LogP contribution is -2.41. The molecule has 0 bridgehead atoms. The maximum atomic E-state index is 12.5. The summed E-state index contributed by atoms with van der Waals surface area (Å²) in [6, 6.07) is -0.876. The van der Waals surface area contributed by atoms with Crippen LogP contribution < -0.4 is 10.6 Å². The highest BCUT2D eigenvalue weighted by Crippen LogP contribution is 2.34. The summed E-state index contributed by atoms with van der Waals surface area (Å²) in [6.07, 6.45) is 12.9. The van der Waals surface area contributed by atoms with Gasteiger partial charge in [-0.15, -0.1) is 0 Å². The van der Waals surface area contributed by atoms with Gasteiger partial charge in [0.25, 0.3) is 11.8 Å². The van der Waals surface area contributed by atoms with E-state index in [-0.39, 0.29) is 11.8 Å². The lowest BCUT2D eigenvalue weighted by atomic mass is 9.91. The molecule has 4 nitrogen and oxygen atoms in total. The van der Waals surface area contributed by atoms with Crippen molar-refractivity contribution in [3.05, 3.63) is 58.7 Å². The highest BCUT2D eigenvalue weighted by atomic mass is 32.1. The first-order chi connectivity index (χ1) is 11.5. The van der Waals surface area contributed by atoms with Gasteiger partial charge in [0, 0.05) is 22.6 Å². The van der Waals surface area contributed by atoms with Crippen LogP contribution in [0.15, 0.2) is 58.7 Å². The Kier molecular flexibility index (Phi) is 3.66. The third-order valence-corrected chi connectivity index (χ3v) is 5.06. The first-order valence-electron chi connectivity index (χ1n) is 7.72. The van der Waals surface area contributed by atoms with Crippen molar-refractivity contribution in [2.24, 2.45) is 0 Å².